The summed E-state index contributed by atoms with van der Waals surface area (Å²) in [6.45, 7) is 3.39. The first-order chi connectivity index (χ1) is 9.26. The molecule has 2 aromatic rings. The van der Waals surface area contributed by atoms with Crippen LogP contribution in [0.2, 0.25) is 0 Å². The average molecular weight is 259 g/mol. The number of benzene rings is 1. The Morgan fingerprint density at radius 2 is 1.95 bits per heavy atom. The molecule has 1 heterocycles. The SMILES string of the molecule is CCN(c1ccc(F)cc1)c1ncccc1CCN. The van der Waals surface area contributed by atoms with Crippen molar-refractivity contribution in [3.8, 4) is 0 Å². The topological polar surface area (TPSA) is 42.2 Å². The molecule has 19 heavy (non-hydrogen) atoms. The van der Waals surface area contributed by atoms with Gasteiger partial charge in [0.2, 0.25) is 0 Å². The van der Waals surface area contributed by atoms with Gasteiger partial charge in [-0.3, -0.25) is 0 Å². The molecule has 0 spiro atoms. The van der Waals surface area contributed by atoms with Gasteiger partial charge < -0.3 is 10.6 Å². The van der Waals surface area contributed by atoms with Gasteiger partial charge in [0.05, 0.1) is 0 Å². The Morgan fingerprint density at radius 3 is 2.58 bits per heavy atom. The van der Waals surface area contributed by atoms with Crippen molar-refractivity contribution in [2.75, 3.05) is 18.0 Å². The number of anilines is 2. The smallest absolute Gasteiger partial charge is 0.136 e. The van der Waals surface area contributed by atoms with E-state index < -0.39 is 0 Å². The van der Waals surface area contributed by atoms with E-state index in [1.54, 1.807) is 18.3 Å². The van der Waals surface area contributed by atoms with Crippen LogP contribution in [0.4, 0.5) is 15.9 Å². The molecule has 0 bridgehead atoms. The summed E-state index contributed by atoms with van der Waals surface area (Å²) in [5.41, 5.74) is 7.67. The minimum absolute atomic E-state index is 0.233. The molecule has 0 fully saturated rings. The molecule has 3 nitrogen and oxygen atoms in total. The summed E-state index contributed by atoms with van der Waals surface area (Å²) in [5.74, 6) is 0.657. The van der Waals surface area contributed by atoms with Crippen LogP contribution < -0.4 is 10.6 Å². The molecular weight excluding hydrogens is 241 g/mol. The first-order valence-corrected chi connectivity index (χ1v) is 6.43. The average Bonchev–Trinajstić information content (AvgIpc) is 2.44. The predicted molar refractivity (Wildman–Crippen MR) is 76.1 cm³/mol. The lowest BCUT2D eigenvalue weighted by molar-refractivity contribution is 0.627. The molecular formula is C15H18FN3. The van der Waals surface area contributed by atoms with Crippen molar-refractivity contribution >= 4 is 11.5 Å². The van der Waals surface area contributed by atoms with Gasteiger partial charge in [0, 0.05) is 18.4 Å². The highest BCUT2D eigenvalue weighted by Crippen LogP contribution is 2.26. The second-order valence-electron chi connectivity index (χ2n) is 4.25. The number of pyridine rings is 1. The van der Waals surface area contributed by atoms with Crippen LogP contribution in [0.1, 0.15) is 12.5 Å². The van der Waals surface area contributed by atoms with E-state index >= 15 is 0 Å². The molecule has 0 saturated carbocycles. The van der Waals surface area contributed by atoms with E-state index in [-0.39, 0.29) is 5.82 Å². The van der Waals surface area contributed by atoms with E-state index in [9.17, 15) is 4.39 Å². The summed E-state index contributed by atoms with van der Waals surface area (Å²) in [6, 6.07) is 10.4. The van der Waals surface area contributed by atoms with Gasteiger partial charge in [-0.05, 0) is 55.8 Å². The molecule has 0 aliphatic rings. The van der Waals surface area contributed by atoms with Gasteiger partial charge in [-0.2, -0.15) is 0 Å². The molecule has 0 amide bonds. The molecule has 2 N–H and O–H groups in total. The quantitative estimate of drug-likeness (QED) is 0.897. The fourth-order valence-electron chi connectivity index (χ4n) is 2.10. The minimum Gasteiger partial charge on any atom is -0.330 e. The van der Waals surface area contributed by atoms with Gasteiger partial charge in [-0.1, -0.05) is 6.07 Å². The summed E-state index contributed by atoms with van der Waals surface area (Å²) >= 11 is 0. The number of rotatable bonds is 5. The summed E-state index contributed by atoms with van der Waals surface area (Å²) in [6.07, 6.45) is 2.54. The molecule has 0 atom stereocenters. The third-order valence-electron chi connectivity index (χ3n) is 2.99. The zero-order valence-electron chi connectivity index (χ0n) is 11.0. The Balaban J connectivity index is 2.39. The van der Waals surface area contributed by atoms with Crippen LogP contribution in [0.25, 0.3) is 0 Å². The van der Waals surface area contributed by atoms with Gasteiger partial charge in [0.15, 0.2) is 0 Å². The predicted octanol–water partition coefficient (Wildman–Crippen LogP) is 2.88. The standard InChI is InChI=1S/C15H18FN3/c1-2-19(14-7-5-13(16)6-8-14)15-12(9-10-17)4-3-11-18-15/h3-8,11H,2,9-10,17H2,1H3. The van der Waals surface area contributed by atoms with Crippen LogP contribution >= 0.6 is 0 Å². The maximum atomic E-state index is 13.0. The lowest BCUT2D eigenvalue weighted by Crippen LogP contribution is -2.20. The van der Waals surface area contributed by atoms with Crippen molar-refractivity contribution in [3.05, 3.63) is 54.0 Å². The van der Waals surface area contributed by atoms with E-state index in [1.165, 1.54) is 12.1 Å². The summed E-state index contributed by atoms with van der Waals surface area (Å²) < 4.78 is 13.0. The summed E-state index contributed by atoms with van der Waals surface area (Å²) in [7, 11) is 0. The van der Waals surface area contributed by atoms with Crippen molar-refractivity contribution in [2.24, 2.45) is 5.73 Å². The van der Waals surface area contributed by atoms with E-state index in [0.29, 0.717) is 6.54 Å². The lowest BCUT2D eigenvalue weighted by atomic mass is 10.1. The lowest BCUT2D eigenvalue weighted by Gasteiger charge is -2.24. The third-order valence-corrected chi connectivity index (χ3v) is 2.99. The molecule has 0 aliphatic heterocycles. The Kier molecular flexibility index (Phi) is 4.47. The van der Waals surface area contributed by atoms with E-state index in [0.717, 1.165) is 30.0 Å². The highest BCUT2D eigenvalue weighted by atomic mass is 19.1. The third kappa shape index (κ3) is 3.09. The Morgan fingerprint density at radius 1 is 1.21 bits per heavy atom. The van der Waals surface area contributed by atoms with Crippen molar-refractivity contribution in [3.63, 3.8) is 0 Å². The molecule has 1 aromatic carbocycles. The van der Waals surface area contributed by atoms with Crippen LogP contribution in [-0.4, -0.2) is 18.1 Å². The Hall–Kier alpha value is -1.94. The molecule has 0 aliphatic carbocycles. The molecule has 0 radical (unpaired) electrons. The highest BCUT2D eigenvalue weighted by molar-refractivity contribution is 5.62. The van der Waals surface area contributed by atoms with Gasteiger partial charge in [0.25, 0.3) is 0 Å². The van der Waals surface area contributed by atoms with Crippen LogP contribution in [0.15, 0.2) is 42.6 Å². The molecule has 4 heteroatoms. The Bertz CT molecular complexity index is 525. The number of halogens is 1. The Labute approximate surface area is 112 Å². The van der Waals surface area contributed by atoms with Crippen molar-refractivity contribution < 1.29 is 4.39 Å². The first kappa shape index (κ1) is 13.5. The maximum absolute atomic E-state index is 13.0. The van der Waals surface area contributed by atoms with Crippen LogP contribution in [0.5, 0.6) is 0 Å². The largest absolute Gasteiger partial charge is 0.330 e. The molecule has 2 rings (SSSR count). The summed E-state index contributed by atoms with van der Waals surface area (Å²) in [4.78, 5) is 6.50. The molecule has 0 saturated heterocycles. The highest BCUT2D eigenvalue weighted by Gasteiger charge is 2.12. The summed E-state index contributed by atoms with van der Waals surface area (Å²) in [5, 5.41) is 0. The van der Waals surface area contributed by atoms with Gasteiger partial charge in [-0.25, -0.2) is 9.37 Å². The second-order valence-corrected chi connectivity index (χ2v) is 4.25. The van der Waals surface area contributed by atoms with Gasteiger partial charge in [-0.15, -0.1) is 0 Å². The number of hydrogen-bond donors (Lipinski definition) is 1. The first-order valence-electron chi connectivity index (χ1n) is 6.43. The van der Waals surface area contributed by atoms with Crippen molar-refractivity contribution in [2.45, 2.75) is 13.3 Å². The van der Waals surface area contributed by atoms with Crippen molar-refractivity contribution in [1.29, 1.82) is 0 Å². The molecule has 1 aromatic heterocycles. The van der Waals surface area contributed by atoms with E-state index in [2.05, 4.69) is 9.88 Å². The second kappa shape index (κ2) is 6.29. The van der Waals surface area contributed by atoms with Crippen molar-refractivity contribution in [1.82, 2.24) is 4.98 Å². The molecule has 100 valence electrons. The molecule has 0 unspecified atom stereocenters. The number of hydrogen-bond acceptors (Lipinski definition) is 3. The number of aromatic nitrogens is 1. The van der Waals surface area contributed by atoms with Crippen LogP contribution in [0.3, 0.4) is 0 Å². The zero-order valence-corrected chi connectivity index (χ0v) is 11.0. The fourth-order valence-corrected chi connectivity index (χ4v) is 2.10. The van der Waals surface area contributed by atoms with E-state index in [1.807, 2.05) is 19.1 Å². The monoisotopic (exact) mass is 259 g/mol. The van der Waals surface area contributed by atoms with Crippen LogP contribution in [0, 0.1) is 5.82 Å². The zero-order chi connectivity index (χ0) is 13.7. The minimum atomic E-state index is -0.233. The van der Waals surface area contributed by atoms with Gasteiger partial charge in [0.1, 0.15) is 11.6 Å². The number of nitrogens with zero attached hydrogens (tertiary/aromatic N) is 2. The number of nitrogens with two attached hydrogens (primary N) is 1. The van der Waals surface area contributed by atoms with Crippen LogP contribution in [-0.2, 0) is 6.42 Å². The van der Waals surface area contributed by atoms with E-state index in [4.69, 9.17) is 5.73 Å². The maximum Gasteiger partial charge on any atom is 0.136 e. The van der Waals surface area contributed by atoms with Gasteiger partial charge >= 0.3 is 0 Å². The fraction of sp³-hybridized carbons (Fsp3) is 0.267. The normalized spacial score (nSPS) is 10.5.